The van der Waals surface area contributed by atoms with Crippen molar-refractivity contribution in [1.82, 2.24) is 14.3 Å². The molecule has 1 fully saturated rings. The first-order valence-electron chi connectivity index (χ1n) is 10.1. The van der Waals surface area contributed by atoms with Gasteiger partial charge in [0, 0.05) is 24.3 Å². The number of ether oxygens (including phenoxy) is 1. The molecule has 0 unspecified atom stereocenters. The minimum atomic E-state index is -3.54. The second-order valence-electron chi connectivity index (χ2n) is 7.30. The van der Waals surface area contributed by atoms with E-state index in [0.29, 0.717) is 43.5 Å². The number of amides is 1. The van der Waals surface area contributed by atoms with Crippen LogP contribution in [0.3, 0.4) is 0 Å². The molecule has 0 bridgehead atoms. The molecule has 1 saturated heterocycles. The van der Waals surface area contributed by atoms with Gasteiger partial charge in [0.2, 0.25) is 15.9 Å². The van der Waals surface area contributed by atoms with E-state index in [1.807, 2.05) is 24.3 Å². The van der Waals surface area contributed by atoms with Gasteiger partial charge in [-0.3, -0.25) is 9.78 Å². The maximum atomic E-state index is 12.8. The van der Waals surface area contributed by atoms with Crippen molar-refractivity contribution in [3.05, 3.63) is 66.5 Å². The predicted molar refractivity (Wildman–Crippen MR) is 120 cm³/mol. The number of hydrogen-bond acceptors (Lipinski definition) is 7. The normalized spacial score (nSPS) is 14.8. The Bertz CT molecular complexity index is 1210. The number of anilines is 2. The van der Waals surface area contributed by atoms with Crippen molar-refractivity contribution >= 4 is 27.4 Å². The van der Waals surface area contributed by atoms with E-state index in [0.717, 1.165) is 11.1 Å². The van der Waals surface area contributed by atoms with Crippen LogP contribution < -0.4 is 11.1 Å². The van der Waals surface area contributed by atoms with Crippen LogP contribution in [-0.4, -0.2) is 54.9 Å². The number of primary amides is 1. The van der Waals surface area contributed by atoms with Crippen molar-refractivity contribution in [1.29, 1.82) is 0 Å². The molecule has 4 rings (SSSR count). The second-order valence-corrected chi connectivity index (χ2v) is 9.24. The summed E-state index contributed by atoms with van der Waals surface area (Å²) >= 11 is 0. The van der Waals surface area contributed by atoms with E-state index >= 15 is 0 Å². The Hall–Kier alpha value is -3.34. The van der Waals surface area contributed by atoms with Gasteiger partial charge in [0.1, 0.15) is 5.82 Å². The smallest absolute Gasteiger partial charge is 0.243 e. The summed E-state index contributed by atoms with van der Waals surface area (Å²) < 4.78 is 32.2. The van der Waals surface area contributed by atoms with Gasteiger partial charge in [0.25, 0.3) is 0 Å². The second kappa shape index (κ2) is 9.43. The van der Waals surface area contributed by atoms with Crippen molar-refractivity contribution in [3.63, 3.8) is 0 Å². The van der Waals surface area contributed by atoms with Gasteiger partial charge in [-0.15, -0.1) is 0 Å². The van der Waals surface area contributed by atoms with E-state index < -0.39 is 15.9 Å². The number of nitrogens with two attached hydrogens (primary N) is 1. The molecule has 0 saturated carbocycles. The van der Waals surface area contributed by atoms with Crippen LogP contribution in [0.5, 0.6) is 0 Å². The number of morpholine rings is 1. The van der Waals surface area contributed by atoms with Gasteiger partial charge in [0.15, 0.2) is 0 Å². The lowest BCUT2D eigenvalue weighted by Gasteiger charge is -2.26. The van der Waals surface area contributed by atoms with E-state index in [9.17, 15) is 13.2 Å². The number of nitrogens with zero attached hydrogens (tertiary/aromatic N) is 3. The zero-order valence-electron chi connectivity index (χ0n) is 17.3. The van der Waals surface area contributed by atoms with E-state index in [-0.39, 0.29) is 11.3 Å². The fraction of sp³-hybridized carbons (Fsp3) is 0.227. The molecule has 2 aromatic carbocycles. The minimum absolute atomic E-state index is 0.152. The third-order valence-electron chi connectivity index (χ3n) is 4.97. The monoisotopic (exact) mass is 453 g/mol. The van der Waals surface area contributed by atoms with Crippen LogP contribution in [0.1, 0.15) is 5.56 Å². The highest BCUT2D eigenvalue weighted by Gasteiger charge is 2.26. The lowest BCUT2D eigenvalue weighted by Crippen LogP contribution is -2.40. The Morgan fingerprint density at radius 1 is 1.09 bits per heavy atom. The van der Waals surface area contributed by atoms with Gasteiger partial charge in [-0.1, -0.05) is 18.2 Å². The van der Waals surface area contributed by atoms with Crippen LogP contribution in [0.15, 0.2) is 65.8 Å². The molecule has 32 heavy (non-hydrogen) atoms. The number of carbonyl (C=O) groups is 1. The Morgan fingerprint density at radius 2 is 1.84 bits per heavy atom. The summed E-state index contributed by atoms with van der Waals surface area (Å²) in [6.07, 6.45) is 3.36. The number of carbonyl (C=O) groups excluding carboxylic acids is 1. The summed E-state index contributed by atoms with van der Waals surface area (Å²) in [6.45, 7) is 1.51. The van der Waals surface area contributed by atoms with Gasteiger partial charge in [-0.2, -0.15) is 4.31 Å². The van der Waals surface area contributed by atoms with Crippen LogP contribution >= 0.6 is 0 Å². The van der Waals surface area contributed by atoms with E-state index in [2.05, 4.69) is 15.3 Å². The van der Waals surface area contributed by atoms with Crippen LogP contribution in [-0.2, 0) is 26.0 Å². The summed E-state index contributed by atoms with van der Waals surface area (Å²) in [4.78, 5) is 20.2. The largest absolute Gasteiger partial charge is 0.379 e. The van der Waals surface area contributed by atoms with Crippen LogP contribution in [0.2, 0.25) is 0 Å². The molecule has 1 aromatic heterocycles. The van der Waals surface area contributed by atoms with Gasteiger partial charge < -0.3 is 15.8 Å². The topological polar surface area (TPSA) is 128 Å². The molecule has 1 aliphatic heterocycles. The summed E-state index contributed by atoms with van der Waals surface area (Å²) in [5.74, 6) is 0.106. The van der Waals surface area contributed by atoms with Gasteiger partial charge in [-0.25, -0.2) is 13.4 Å². The quantitative estimate of drug-likeness (QED) is 0.559. The molecule has 3 N–H and O–H groups in total. The molecule has 3 aromatic rings. The standard InChI is InChI=1S/C22H23N5O4S/c23-21(28)13-16-2-1-3-17(12-16)20-14-24-15-22(26-20)25-18-4-6-19(7-5-18)32(29,30)27-8-10-31-11-9-27/h1-7,12,14-15H,8-11,13H2,(H2,23,28)(H,25,26). The molecule has 2 heterocycles. The third kappa shape index (κ3) is 5.10. The number of rotatable bonds is 7. The van der Waals surface area contributed by atoms with Crippen molar-refractivity contribution in [2.24, 2.45) is 5.73 Å². The van der Waals surface area contributed by atoms with Gasteiger partial charge >= 0.3 is 0 Å². The maximum Gasteiger partial charge on any atom is 0.243 e. The number of aromatic nitrogens is 2. The minimum Gasteiger partial charge on any atom is -0.379 e. The summed E-state index contributed by atoms with van der Waals surface area (Å²) in [7, 11) is -3.54. The molecule has 1 aliphatic rings. The third-order valence-corrected chi connectivity index (χ3v) is 6.88. The van der Waals surface area contributed by atoms with Crippen molar-refractivity contribution in [2.75, 3.05) is 31.6 Å². The van der Waals surface area contributed by atoms with E-state index in [1.165, 1.54) is 4.31 Å². The first-order valence-corrected chi connectivity index (χ1v) is 11.5. The molecule has 0 atom stereocenters. The highest BCUT2D eigenvalue weighted by molar-refractivity contribution is 7.89. The summed E-state index contributed by atoms with van der Waals surface area (Å²) in [5, 5.41) is 3.14. The first-order chi connectivity index (χ1) is 15.4. The maximum absolute atomic E-state index is 12.8. The van der Waals surface area contributed by atoms with Crippen molar-refractivity contribution in [2.45, 2.75) is 11.3 Å². The van der Waals surface area contributed by atoms with Crippen molar-refractivity contribution in [3.8, 4) is 11.3 Å². The molecular weight excluding hydrogens is 430 g/mol. The van der Waals surface area contributed by atoms with Gasteiger partial charge in [-0.05, 0) is 35.9 Å². The fourth-order valence-electron chi connectivity index (χ4n) is 3.40. The molecular formula is C22H23N5O4S. The Kier molecular flexibility index (Phi) is 6.45. The van der Waals surface area contributed by atoms with Crippen molar-refractivity contribution < 1.29 is 17.9 Å². The Labute approximate surface area is 186 Å². The van der Waals surface area contributed by atoms with Crippen LogP contribution in [0.4, 0.5) is 11.5 Å². The molecule has 0 aliphatic carbocycles. The molecule has 166 valence electrons. The summed E-state index contributed by atoms with van der Waals surface area (Å²) in [5.41, 5.74) is 8.20. The highest BCUT2D eigenvalue weighted by atomic mass is 32.2. The van der Waals surface area contributed by atoms with E-state index in [4.69, 9.17) is 10.5 Å². The molecule has 0 spiro atoms. The average Bonchev–Trinajstić information content (AvgIpc) is 2.80. The van der Waals surface area contributed by atoms with Crippen LogP contribution in [0, 0.1) is 0 Å². The highest BCUT2D eigenvalue weighted by Crippen LogP contribution is 2.23. The molecule has 0 radical (unpaired) electrons. The Morgan fingerprint density at radius 3 is 2.56 bits per heavy atom. The molecule has 10 heteroatoms. The Balaban J connectivity index is 1.50. The number of sulfonamides is 1. The fourth-order valence-corrected chi connectivity index (χ4v) is 4.81. The lowest BCUT2D eigenvalue weighted by atomic mass is 10.1. The van der Waals surface area contributed by atoms with Crippen LogP contribution in [0.25, 0.3) is 11.3 Å². The molecule has 9 nitrogen and oxygen atoms in total. The first kappa shape index (κ1) is 21.9. The number of hydrogen-bond donors (Lipinski definition) is 2. The zero-order valence-corrected chi connectivity index (χ0v) is 18.1. The predicted octanol–water partition coefficient (Wildman–Crippen LogP) is 1.94. The average molecular weight is 454 g/mol. The summed E-state index contributed by atoms with van der Waals surface area (Å²) in [6, 6.07) is 13.9. The number of benzene rings is 2. The molecule has 1 amide bonds. The lowest BCUT2D eigenvalue weighted by molar-refractivity contribution is -0.117. The van der Waals surface area contributed by atoms with Gasteiger partial charge in [0.05, 0.1) is 42.6 Å². The SMILES string of the molecule is NC(=O)Cc1cccc(-c2cncc(Nc3ccc(S(=O)(=O)N4CCOCC4)cc3)n2)c1. The number of nitrogens with one attached hydrogen (secondary N) is 1. The van der Waals surface area contributed by atoms with E-state index in [1.54, 1.807) is 36.7 Å². The zero-order chi connectivity index (χ0) is 22.6.